The van der Waals surface area contributed by atoms with E-state index in [2.05, 4.69) is 49.9 Å². The zero-order chi connectivity index (χ0) is 20.4. The van der Waals surface area contributed by atoms with Gasteiger partial charge in [-0.1, -0.05) is 0 Å². The fraction of sp³-hybridized carbons (Fsp3) is 0.167. The SMILES string of the molecule is COC(=O)c1ccc(CN2C(=O)S/C(=C/c3cc(I)c(OC)c(I)c3)C2=O)o1. The summed E-state index contributed by atoms with van der Waals surface area (Å²) in [7, 11) is 2.85. The van der Waals surface area contributed by atoms with Gasteiger partial charge < -0.3 is 13.9 Å². The topological polar surface area (TPSA) is 86.0 Å². The van der Waals surface area contributed by atoms with E-state index >= 15 is 0 Å². The molecule has 1 aromatic carbocycles. The highest BCUT2D eigenvalue weighted by atomic mass is 127. The smallest absolute Gasteiger partial charge is 0.373 e. The van der Waals surface area contributed by atoms with Gasteiger partial charge in [0, 0.05) is 0 Å². The van der Waals surface area contributed by atoms with Gasteiger partial charge >= 0.3 is 5.97 Å². The molecule has 2 amide bonds. The Morgan fingerprint density at radius 3 is 2.50 bits per heavy atom. The zero-order valence-electron chi connectivity index (χ0n) is 14.7. The summed E-state index contributed by atoms with van der Waals surface area (Å²) in [5.74, 6) is 0.0708. The van der Waals surface area contributed by atoms with Gasteiger partial charge in [0.25, 0.3) is 11.1 Å². The molecule has 3 rings (SSSR count). The second-order valence-corrected chi connectivity index (χ2v) is 8.86. The monoisotopic (exact) mass is 625 g/mol. The fourth-order valence-electron chi connectivity index (χ4n) is 2.47. The van der Waals surface area contributed by atoms with Crippen LogP contribution in [0.15, 0.2) is 33.6 Å². The molecule has 0 saturated carbocycles. The average molecular weight is 625 g/mol. The van der Waals surface area contributed by atoms with E-state index in [1.54, 1.807) is 13.2 Å². The maximum atomic E-state index is 12.7. The molecule has 7 nitrogen and oxygen atoms in total. The highest BCUT2D eigenvalue weighted by Gasteiger charge is 2.35. The summed E-state index contributed by atoms with van der Waals surface area (Å²) < 4.78 is 17.1. The van der Waals surface area contributed by atoms with E-state index in [0.29, 0.717) is 10.7 Å². The molecule has 1 saturated heterocycles. The molecule has 2 aromatic rings. The van der Waals surface area contributed by atoms with Gasteiger partial charge in [0.15, 0.2) is 0 Å². The number of esters is 1. The number of benzene rings is 1. The molecule has 1 aromatic heterocycles. The van der Waals surface area contributed by atoms with Crippen LogP contribution in [0.3, 0.4) is 0 Å². The van der Waals surface area contributed by atoms with Crippen molar-refractivity contribution in [3.63, 3.8) is 0 Å². The van der Waals surface area contributed by atoms with Crippen molar-refractivity contribution >= 4 is 80.1 Å². The number of amides is 2. The van der Waals surface area contributed by atoms with Gasteiger partial charge in [-0.25, -0.2) is 4.79 Å². The molecule has 1 aliphatic heterocycles. The van der Waals surface area contributed by atoms with Crippen molar-refractivity contribution in [1.82, 2.24) is 4.90 Å². The van der Waals surface area contributed by atoms with E-state index in [0.717, 1.165) is 35.1 Å². The Hall–Kier alpha value is -1.54. The van der Waals surface area contributed by atoms with Gasteiger partial charge in [-0.2, -0.15) is 0 Å². The van der Waals surface area contributed by atoms with Crippen LogP contribution in [0.1, 0.15) is 21.9 Å². The molecular weight excluding hydrogens is 612 g/mol. The second kappa shape index (κ2) is 8.86. The number of thioether (sulfide) groups is 1. The first kappa shape index (κ1) is 21.2. The Morgan fingerprint density at radius 2 is 1.89 bits per heavy atom. The van der Waals surface area contributed by atoms with E-state index in [9.17, 15) is 14.4 Å². The number of furan rings is 1. The van der Waals surface area contributed by atoms with Gasteiger partial charge in [-0.3, -0.25) is 14.5 Å². The third-order valence-corrected chi connectivity index (χ3v) is 6.27. The van der Waals surface area contributed by atoms with Crippen LogP contribution in [0.4, 0.5) is 4.79 Å². The van der Waals surface area contributed by atoms with Crippen LogP contribution in [-0.4, -0.2) is 36.2 Å². The van der Waals surface area contributed by atoms with Gasteiger partial charge in [0.05, 0.1) is 32.8 Å². The van der Waals surface area contributed by atoms with Gasteiger partial charge in [0.2, 0.25) is 5.76 Å². The average Bonchev–Trinajstić information content (AvgIpc) is 3.22. The maximum Gasteiger partial charge on any atom is 0.373 e. The van der Waals surface area contributed by atoms with Crippen LogP contribution in [0.5, 0.6) is 5.75 Å². The molecule has 0 spiro atoms. The number of rotatable bonds is 5. The first-order chi connectivity index (χ1) is 13.3. The largest absolute Gasteiger partial charge is 0.495 e. The summed E-state index contributed by atoms with van der Waals surface area (Å²) in [5.41, 5.74) is 0.797. The molecule has 0 N–H and O–H groups in total. The molecular formula is C18H13I2NO6S. The van der Waals surface area contributed by atoms with Crippen LogP contribution >= 0.6 is 56.9 Å². The second-order valence-electron chi connectivity index (χ2n) is 5.54. The van der Waals surface area contributed by atoms with Gasteiger partial charge in [-0.05, 0) is 92.8 Å². The van der Waals surface area contributed by atoms with Gasteiger partial charge in [-0.15, -0.1) is 0 Å². The van der Waals surface area contributed by atoms with Crippen molar-refractivity contribution in [3.8, 4) is 5.75 Å². The van der Waals surface area contributed by atoms with E-state index < -0.39 is 17.1 Å². The minimum atomic E-state index is -0.621. The van der Waals surface area contributed by atoms with Crippen molar-refractivity contribution < 1.29 is 28.3 Å². The van der Waals surface area contributed by atoms with Crippen molar-refractivity contribution in [2.24, 2.45) is 0 Å². The number of carbonyl (C=O) groups excluding carboxylic acids is 3. The molecule has 0 aliphatic carbocycles. The Morgan fingerprint density at radius 1 is 1.21 bits per heavy atom. The highest BCUT2D eigenvalue weighted by Crippen LogP contribution is 2.35. The Balaban J connectivity index is 1.81. The number of imide groups is 1. The first-order valence-electron chi connectivity index (χ1n) is 7.79. The Kier molecular flexibility index (Phi) is 6.70. The van der Waals surface area contributed by atoms with E-state index in [1.807, 2.05) is 12.1 Å². The summed E-state index contributed by atoms with van der Waals surface area (Å²) in [6.45, 7) is -0.0588. The molecule has 1 fully saturated rings. The molecule has 0 unspecified atom stereocenters. The minimum absolute atomic E-state index is 0.0161. The van der Waals surface area contributed by atoms with Crippen LogP contribution in [0.25, 0.3) is 6.08 Å². The molecule has 2 heterocycles. The lowest BCUT2D eigenvalue weighted by atomic mass is 10.2. The van der Waals surface area contributed by atoms with E-state index in [4.69, 9.17) is 9.15 Å². The third kappa shape index (κ3) is 4.38. The fourth-order valence-corrected chi connectivity index (χ4v) is 5.57. The van der Waals surface area contributed by atoms with Crippen molar-refractivity contribution in [1.29, 1.82) is 0 Å². The predicted molar refractivity (Wildman–Crippen MR) is 120 cm³/mol. The van der Waals surface area contributed by atoms with E-state index in [1.165, 1.54) is 19.2 Å². The third-order valence-electron chi connectivity index (χ3n) is 3.76. The molecule has 10 heteroatoms. The molecule has 0 radical (unpaired) electrons. The summed E-state index contributed by atoms with van der Waals surface area (Å²) in [6.07, 6.45) is 1.68. The predicted octanol–water partition coefficient (Wildman–Crippen LogP) is 4.52. The maximum absolute atomic E-state index is 12.7. The normalized spacial score (nSPS) is 15.4. The van der Waals surface area contributed by atoms with Crippen LogP contribution < -0.4 is 4.74 Å². The molecule has 28 heavy (non-hydrogen) atoms. The lowest BCUT2D eigenvalue weighted by Gasteiger charge is -2.10. The number of carbonyl (C=O) groups is 3. The Labute approximate surface area is 192 Å². The summed E-state index contributed by atoms with van der Waals surface area (Å²) in [6, 6.07) is 6.74. The summed E-state index contributed by atoms with van der Waals surface area (Å²) >= 11 is 5.18. The van der Waals surface area contributed by atoms with Crippen molar-refractivity contribution in [2.75, 3.05) is 14.2 Å². The molecule has 0 atom stereocenters. The quantitative estimate of drug-likeness (QED) is 0.275. The van der Waals surface area contributed by atoms with Gasteiger partial charge in [0.1, 0.15) is 11.5 Å². The highest BCUT2D eigenvalue weighted by molar-refractivity contribution is 14.1. The number of hydrogen-bond donors (Lipinski definition) is 0. The number of ether oxygens (including phenoxy) is 2. The van der Waals surface area contributed by atoms with Crippen LogP contribution in [0.2, 0.25) is 0 Å². The van der Waals surface area contributed by atoms with E-state index in [-0.39, 0.29) is 12.3 Å². The van der Waals surface area contributed by atoms with Crippen molar-refractivity contribution in [3.05, 3.63) is 53.4 Å². The zero-order valence-corrected chi connectivity index (χ0v) is 19.8. The summed E-state index contributed by atoms with van der Waals surface area (Å²) in [4.78, 5) is 37.8. The lowest BCUT2D eigenvalue weighted by molar-refractivity contribution is -0.123. The minimum Gasteiger partial charge on any atom is -0.495 e. The number of hydrogen-bond acceptors (Lipinski definition) is 7. The molecule has 146 valence electrons. The lowest BCUT2D eigenvalue weighted by Crippen LogP contribution is -2.27. The number of halogens is 2. The first-order valence-corrected chi connectivity index (χ1v) is 10.8. The molecule has 1 aliphatic rings. The van der Waals surface area contributed by atoms with Crippen LogP contribution in [-0.2, 0) is 16.1 Å². The number of methoxy groups -OCH3 is 2. The van der Waals surface area contributed by atoms with Crippen LogP contribution in [0, 0.1) is 7.14 Å². The molecule has 0 bridgehead atoms. The van der Waals surface area contributed by atoms with Crippen molar-refractivity contribution in [2.45, 2.75) is 6.54 Å². The Bertz CT molecular complexity index is 977. The summed E-state index contributed by atoms with van der Waals surface area (Å²) in [5, 5.41) is -0.398. The number of nitrogens with zero attached hydrogens (tertiary/aromatic N) is 1. The standard InChI is InChI=1S/C18H13I2NO6S/c1-25-15-11(19)5-9(6-12(15)20)7-14-16(22)21(18(24)28-14)8-10-3-4-13(27-10)17(23)26-2/h3-7H,8H2,1-2H3/b14-7+.